The predicted octanol–water partition coefficient (Wildman–Crippen LogP) is 7.81. The Morgan fingerprint density at radius 2 is 1.92 bits per heavy atom. The van der Waals surface area contributed by atoms with Crippen LogP contribution in [0.3, 0.4) is 0 Å². The van der Waals surface area contributed by atoms with Gasteiger partial charge < -0.3 is 20.3 Å². The number of aliphatic hydroxyl groups excluding tert-OH is 1. The number of carboxylic acid groups (broad SMARTS) is 1. The molecule has 0 spiro atoms. The molecule has 5 nitrogen and oxygen atoms in total. The monoisotopic (exact) mass is 523 g/mol. The maximum absolute atomic E-state index is 11.4. The van der Waals surface area contributed by atoms with Crippen molar-refractivity contribution in [3.05, 3.63) is 59.2 Å². The van der Waals surface area contributed by atoms with Crippen molar-refractivity contribution in [3.63, 3.8) is 0 Å². The third-order valence-electron chi connectivity index (χ3n) is 7.65. The Balaban J connectivity index is 1.56. The minimum absolute atomic E-state index is 0.0520. The smallest absolute Gasteiger partial charge is 0.303 e. The van der Waals surface area contributed by atoms with Crippen LogP contribution >= 0.6 is 0 Å². The first-order chi connectivity index (χ1) is 18.2. The summed E-state index contributed by atoms with van der Waals surface area (Å²) in [5, 5.41) is 22.7. The molecule has 1 fully saturated rings. The molecule has 2 aromatic carbocycles. The van der Waals surface area contributed by atoms with Crippen LogP contribution in [0.15, 0.2) is 42.5 Å². The lowest BCUT2D eigenvalue weighted by molar-refractivity contribution is -0.137. The van der Waals surface area contributed by atoms with E-state index in [0.29, 0.717) is 23.9 Å². The van der Waals surface area contributed by atoms with Crippen molar-refractivity contribution in [2.45, 2.75) is 98.0 Å². The standard InChI is InChI=1S/C33H49NO4/c1-5-8-24(23-38-29-11-6-9-28(20-29)30(21-32(36)37)26-14-15-26)16-18-34-31-19-25(22-35)12-13-27(31)10-7-17-33(2,3)4/h6,9,11-13,19-20,24,26,30,34-35H,5,7-8,10,14-18,21-23H2,1-4H3,(H,36,37). The Kier molecular flexibility index (Phi) is 11.5. The predicted molar refractivity (Wildman–Crippen MR) is 156 cm³/mol. The largest absolute Gasteiger partial charge is 0.493 e. The van der Waals surface area contributed by atoms with Crippen molar-refractivity contribution < 1.29 is 19.7 Å². The van der Waals surface area contributed by atoms with E-state index in [2.05, 4.69) is 51.2 Å². The zero-order valence-corrected chi connectivity index (χ0v) is 24.0. The fourth-order valence-corrected chi connectivity index (χ4v) is 5.34. The second-order valence-electron chi connectivity index (χ2n) is 12.4. The normalized spacial score (nSPS) is 15.2. The van der Waals surface area contributed by atoms with Crippen LogP contribution in [0.25, 0.3) is 0 Å². The molecule has 3 rings (SSSR count). The van der Waals surface area contributed by atoms with Crippen LogP contribution in [0.2, 0.25) is 0 Å². The highest BCUT2D eigenvalue weighted by Gasteiger charge is 2.33. The Hall–Kier alpha value is -2.53. The number of rotatable bonds is 17. The molecule has 0 saturated heterocycles. The molecule has 0 aliphatic heterocycles. The van der Waals surface area contributed by atoms with Gasteiger partial charge in [-0.25, -0.2) is 0 Å². The van der Waals surface area contributed by atoms with E-state index in [9.17, 15) is 15.0 Å². The number of aliphatic hydroxyl groups is 1. The van der Waals surface area contributed by atoms with Crippen molar-refractivity contribution in [1.29, 1.82) is 0 Å². The van der Waals surface area contributed by atoms with E-state index in [0.717, 1.165) is 74.1 Å². The van der Waals surface area contributed by atoms with Gasteiger partial charge >= 0.3 is 5.97 Å². The van der Waals surface area contributed by atoms with E-state index in [1.807, 2.05) is 24.3 Å². The SMILES string of the molecule is CCCC(CCNc1cc(CO)ccc1CCCC(C)(C)C)COc1cccc(C(CC(=O)O)C2CC2)c1. The topological polar surface area (TPSA) is 78.8 Å². The number of hydrogen-bond acceptors (Lipinski definition) is 4. The van der Waals surface area contributed by atoms with Crippen LogP contribution in [0, 0.1) is 17.3 Å². The first-order valence-corrected chi connectivity index (χ1v) is 14.6. The Morgan fingerprint density at radius 3 is 2.58 bits per heavy atom. The molecule has 0 amide bonds. The van der Waals surface area contributed by atoms with Gasteiger partial charge in [0.15, 0.2) is 0 Å². The zero-order chi connectivity index (χ0) is 27.5. The number of hydrogen-bond donors (Lipinski definition) is 3. The van der Waals surface area contributed by atoms with Gasteiger partial charge in [0, 0.05) is 12.2 Å². The van der Waals surface area contributed by atoms with E-state index < -0.39 is 5.97 Å². The van der Waals surface area contributed by atoms with Crippen LogP contribution < -0.4 is 10.1 Å². The van der Waals surface area contributed by atoms with Crippen LogP contribution in [-0.2, 0) is 17.8 Å². The fourth-order valence-electron chi connectivity index (χ4n) is 5.34. The van der Waals surface area contributed by atoms with Crippen molar-refractivity contribution in [2.75, 3.05) is 18.5 Å². The maximum atomic E-state index is 11.4. The summed E-state index contributed by atoms with van der Waals surface area (Å²) in [7, 11) is 0. The summed E-state index contributed by atoms with van der Waals surface area (Å²) in [5.74, 6) is 1.11. The molecule has 3 N–H and O–H groups in total. The van der Waals surface area contributed by atoms with Gasteiger partial charge in [0.1, 0.15) is 5.75 Å². The average molecular weight is 524 g/mol. The lowest BCUT2D eigenvalue weighted by Gasteiger charge is -2.21. The fraction of sp³-hybridized carbons (Fsp3) is 0.606. The summed E-state index contributed by atoms with van der Waals surface area (Å²) < 4.78 is 6.26. The van der Waals surface area contributed by atoms with Crippen molar-refractivity contribution in [3.8, 4) is 5.75 Å². The molecule has 1 saturated carbocycles. The summed E-state index contributed by atoms with van der Waals surface area (Å²) in [4.78, 5) is 11.4. The second kappa shape index (κ2) is 14.6. The number of aryl methyl sites for hydroxylation is 1. The van der Waals surface area contributed by atoms with Gasteiger partial charge in [0.2, 0.25) is 0 Å². The van der Waals surface area contributed by atoms with Crippen LogP contribution in [0.1, 0.15) is 102 Å². The van der Waals surface area contributed by atoms with Gasteiger partial charge in [-0.1, -0.05) is 58.4 Å². The molecular formula is C33H49NO4. The van der Waals surface area contributed by atoms with Crippen LogP contribution in [-0.4, -0.2) is 29.3 Å². The number of carboxylic acids is 1. The first kappa shape index (κ1) is 30.0. The van der Waals surface area contributed by atoms with Gasteiger partial charge in [-0.2, -0.15) is 0 Å². The van der Waals surface area contributed by atoms with Gasteiger partial charge in [0.25, 0.3) is 0 Å². The van der Waals surface area contributed by atoms with Gasteiger partial charge in [-0.3, -0.25) is 4.79 Å². The number of nitrogens with one attached hydrogen (secondary N) is 1. The summed E-state index contributed by atoms with van der Waals surface area (Å²) in [6.45, 7) is 10.6. The van der Waals surface area contributed by atoms with Crippen LogP contribution in [0.4, 0.5) is 5.69 Å². The summed E-state index contributed by atoms with van der Waals surface area (Å²) in [6.07, 6.45) is 9.00. The maximum Gasteiger partial charge on any atom is 0.303 e. The molecule has 1 aliphatic carbocycles. The molecule has 1 aliphatic rings. The average Bonchev–Trinajstić information content (AvgIpc) is 3.71. The van der Waals surface area contributed by atoms with E-state index in [1.165, 1.54) is 12.0 Å². The van der Waals surface area contributed by atoms with Crippen molar-refractivity contribution in [1.82, 2.24) is 0 Å². The molecule has 38 heavy (non-hydrogen) atoms. The molecule has 0 aromatic heterocycles. The van der Waals surface area contributed by atoms with Crippen LogP contribution in [0.5, 0.6) is 5.75 Å². The third-order valence-corrected chi connectivity index (χ3v) is 7.65. The highest BCUT2D eigenvalue weighted by molar-refractivity contribution is 5.68. The lowest BCUT2D eigenvalue weighted by atomic mass is 9.88. The molecule has 5 heteroatoms. The molecular weight excluding hydrogens is 474 g/mol. The van der Waals surface area contributed by atoms with E-state index in [4.69, 9.17) is 4.74 Å². The first-order valence-electron chi connectivity index (χ1n) is 14.6. The second-order valence-corrected chi connectivity index (χ2v) is 12.4. The summed E-state index contributed by atoms with van der Waals surface area (Å²) >= 11 is 0. The number of aliphatic carboxylic acids is 1. The summed E-state index contributed by atoms with van der Waals surface area (Å²) in [6, 6.07) is 14.4. The third kappa shape index (κ3) is 10.3. The highest BCUT2D eigenvalue weighted by atomic mass is 16.5. The number of benzene rings is 2. The molecule has 2 atom stereocenters. The van der Waals surface area contributed by atoms with E-state index in [-0.39, 0.29) is 18.9 Å². The van der Waals surface area contributed by atoms with E-state index >= 15 is 0 Å². The quantitative estimate of drug-likeness (QED) is 0.197. The van der Waals surface area contributed by atoms with Crippen molar-refractivity contribution >= 4 is 11.7 Å². The van der Waals surface area contributed by atoms with Gasteiger partial charge in [-0.15, -0.1) is 0 Å². The zero-order valence-electron chi connectivity index (χ0n) is 24.0. The lowest BCUT2D eigenvalue weighted by Crippen LogP contribution is -2.17. The highest BCUT2D eigenvalue weighted by Crippen LogP contribution is 2.45. The minimum atomic E-state index is -0.731. The molecule has 0 bridgehead atoms. The molecule has 2 unspecified atom stereocenters. The number of ether oxygens (including phenoxy) is 1. The summed E-state index contributed by atoms with van der Waals surface area (Å²) in [5.41, 5.74) is 4.81. The van der Waals surface area contributed by atoms with Crippen molar-refractivity contribution in [2.24, 2.45) is 17.3 Å². The van der Waals surface area contributed by atoms with Gasteiger partial charge in [-0.05, 0) is 103 Å². The molecule has 210 valence electrons. The number of anilines is 1. The molecule has 2 aromatic rings. The Morgan fingerprint density at radius 1 is 1.13 bits per heavy atom. The number of carbonyl (C=O) groups is 1. The Labute approximate surface area is 230 Å². The molecule has 0 radical (unpaired) electrons. The minimum Gasteiger partial charge on any atom is -0.493 e. The van der Waals surface area contributed by atoms with E-state index in [1.54, 1.807) is 0 Å². The van der Waals surface area contributed by atoms with Gasteiger partial charge in [0.05, 0.1) is 19.6 Å². The Bertz CT molecular complexity index is 1010. The molecule has 0 heterocycles.